The van der Waals surface area contributed by atoms with Gasteiger partial charge in [-0.3, -0.25) is 9.82 Å². The molecule has 0 radical (unpaired) electrons. The lowest BCUT2D eigenvalue weighted by Gasteiger charge is -2.06. The largest absolute Gasteiger partial charge is 0.267 e. The van der Waals surface area contributed by atoms with E-state index in [1.165, 1.54) is 0 Å². The fourth-order valence-corrected chi connectivity index (χ4v) is 2.66. The Hall–Kier alpha value is -1.82. The van der Waals surface area contributed by atoms with E-state index in [9.17, 15) is 8.42 Å². The summed E-state index contributed by atoms with van der Waals surface area (Å²) in [5, 5.41) is 6.37. The maximum atomic E-state index is 11.9. The van der Waals surface area contributed by atoms with Crippen LogP contribution in [-0.2, 0) is 15.8 Å². The molecular formula is C11H13N3O2S. The molecule has 0 aliphatic carbocycles. The van der Waals surface area contributed by atoms with Crippen LogP contribution in [0.5, 0.6) is 0 Å². The molecule has 0 amide bonds. The van der Waals surface area contributed by atoms with Gasteiger partial charge < -0.3 is 0 Å². The summed E-state index contributed by atoms with van der Waals surface area (Å²) in [6.07, 6.45) is 1.57. The van der Waals surface area contributed by atoms with Gasteiger partial charge in [0.25, 0.3) is 0 Å². The Morgan fingerprint density at radius 1 is 1.29 bits per heavy atom. The van der Waals surface area contributed by atoms with Crippen molar-refractivity contribution in [1.82, 2.24) is 10.2 Å². The third-order valence-electron chi connectivity index (χ3n) is 2.29. The summed E-state index contributed by atoms with van der Waals surface area (Å²) in [6, 6.07) is 9.03. The molecular weight excluding hydrogens is 238 g/mol. The molecule has 5 nitrogen and oxygen atoms in total. The van der Waals surface area contributed by atoms with E-state index in [4.69, 9.17) is 0 Å². The minimum Gasteiger partial charge on any atom is -0.267 e. The molecule has 0 aliphatic rings. The molecule has 0 aliphatic heterocycles. The van der Waals surface area contributed by atoms with Crippen molar-refractivity contribution in [3.63, 3.8) is 0 Å². The van der Waals surface area contributed by atoms with Crippen LogP contribution in [0, 0.1) is 6.92 Å². The molecule has 0 atom stereocenters. The number of H-pyrrole nitrogens is 1. The molecule has 0 saturated heterocycles. The van der Waals surface area contributed by atoms with Gasteiger partial charge in [-0.2, -0.15) is 5.10 Å². The van der Waals surface area contributed by atoms with Gasteiger partial charge in [0, 0.05) is 5.56 Å². The van der Waals surface area contributed by atoms with Gasteiger partial charge in [0.15, 0.2) is 0 Å². The minimum atomic E-state index is -3.40. The van der Waals surface area contributed by atoms with Crippen molar-refractivity contribution < 1.29 is 8.42 Å². The molecule has 1 aromatic heterocycles. The van der Waals surface area contributed by atoms with Crippen molar-refractivity contribution in [2.45, 2.75) is 12.7 Å². The topological polar surface area (TPSA) is 74.8 Å². The third kappa shape index (κ3) is 3.07. The first-order chi connectivity index (χ1) is 8.07. The molecule has 1 aromatic carbocycles. The van der Waals surface area contributed by atoms with E-state index in [0.29, 0.717) is 5.82 Å². The molecule has 1 heterocycles. The zero-order valence-corrected chi connectivity index (χ0v) is 10.2. The number of hydrogen-bond donors (Lipinski definition) is 2. The smallest absolute Gasteiger partial charge is 0.238 e. The monoisotopic (exact) mass is 251 g/mol. The van der Waals surface area contributed by atoms with E-state index in [1.807, 2.05) is 18.2 Å². The van der Waals surface area contributed by atoms with E-state index in [2.05, 4.69) is 14.9 Å². The second kappa shape index (κ2) is 4.58. The molecule has 0 unspecified atom stereocenters. The molecule has 0 spiro atoms. The number of nitrogens with zero attached hydrogens (tertiary/aromatic N) is 1. The number of benzene rings is 1. The quantitative estimate of drug-likeness (QED) is 0.867. The fourth-order valence-electron chi connectivity index (χ4n) is 1.43. The van der Waals surface area contributed by atoms with E-state index in [-0.39, 0.29) is 5.75 Å². The lowest BCUT2D eigenvalue weighted by Crippen LogP contribution is -2.15. The van der Waals surface area contributed by atoms with Crippen LogP contribution < -0.4 is 4.72 Å². The van der Waals surface area contributed by atoms with Gasteiger partial charge in [-0.15, -0.1) is 0 Å². The summed E-state index contributed by atoms with van der Waals surface area (Å²) in [5.74, 6) is 0.368. The lowest BCUT2D eigenvalue weighted by molar-refractivity contribution is 0.600. The number of anilines is 1. The van der Waals surface area contributed by atoms with Gasteiger partial charge in [0.2, 0.25) is 10.0 Å². The van der Waals surface area contributed by atoms with E-state index in [0.717, 1.165) is 11.1 Å². The van der Waals surface area contributed by atoms with Crippen molar-refractivity contribution in [2.75, 3.05) is 4.72 Å². The zero-order valence-electron chi connectivity index (χ0n) is 9.34. The zero-order chi connectivity index (χ0) is 12.3. The van der Waals surface area contributed by atoms with Gasteiger partial charge >= 0.3 is 0 Å². The van der Waals surface area contributed by atoms with Crippen LogP contribution in [-0.4, -0.2) is 18.6 Å². The number of nitrogens with one attached hydrogen (secondary N) is 2. The Balaban J connectivity index is 2.13. The maximum Gasteiger partial charge on any atom is 0.238 e. The van der Waals surface area contributed by atoms with E-state index < -0.39 is 10.0 Å². The van der Waals surface area contributed by atoms with Gasteiger partial charge in [0.1, 0.15) is 5.82 Å². The highest BCUT2D eigenvalue weighted by Crippen LogP contribution is 2.13. The molecule has 0 saturated carbocycles. The highest BCUT2D eigenvalue weighted by atomic mass is 32.2. The second-order valence-electron chi connectivity index (χ2n) is 3.77. The molecule has 2 rings (SSSR count). The molecule has 0 fully saturated rings. The van der Waals surface area contributed by atoms with Crippen LogP contribution in [0.2, 0.25) is 0 Å². The van der Waals surface area contributed by atoms with Gasteiger partial charge in [-0.1, -0.05) is 30.3 Å². The Morgan fingerprint density at radius 3 is 2.59 bits per heavy atom. The molecule has 6 heteroatoms. The maximum absolute atomic E-state index is 11.9. The lowest BCUT2D eigenvalue weighted by atomic mass is 10.2. The van der Waals surface area contributed by atoms with Gasteiger partial charge in [0.05, 0.1) is 11.9 Å². The first kappa shape index (κ1) is 11.7. The minimum absolute atomic E-state index is 0.0493. The van der Waals surface area contributed by atoms with Crippen LogP contribution >= 0.6 is 0 Å². The number of sulfonamides is 1. The Bertz CT molecular complexity index is 590. The normalized spacial score (nSPS) is 11.4. The van der Waals surface area contributed by atoms with Crippen molar-refractivity contribution in [2.24, 2.45) is 0 Å². The summed E-state index contributed by atoms with van der Waals surface area (Å²) >= 11 is 0. The van der Waals surface area contributed by atoms with Crippen LogP contribution in [0.3, 0.4) is 0 Å². The molecule has 0 bridgehead atoms. The van der Waals surface area contributed by atoms with Crippen molar-refractivity contribution >= 4 is 15.8 Å². The van der Waals surface area contributed by atoms with Crippen LogP contribution in [0.1, 0.15) is 11.1 Å². The highest BCUT2D eigenvalue weighted by Gasteiger charge is 2.13. The summed E-state index contributed by atoms with van der Waals surface area (Å²) in [7, 11) is -3.40. The van der Waals surface area contributed by atoms with Crippen LogP contribution in [0.4, 0.5) is 5.82 Å². The molecule has 2 N–H and O–H groups in total. The van der Waals surface area contributed by atoms with Crippen molar-refractivity contribution in [1.29, 1.82) is 0 Å². The molecule has 17 heavy (non-hydrogen) atoms. The van der Waals surface area contributed by atoms with E-state index in [1.54, 1.807) is 25.3 Å². The predicted octanol–water partition coefficient (Wildman–Crippen LogP) is 1.66. The Morgan fingerprint density at radius 2 is 2.00 bits per heavy atom. The first-order valence-corrected chi connectivity index (χ1v) is 6.76. The Kier molecular flexibility index (Phi) is 3.14. The average Bonchev–Trinajstić information content (AvgIpc) is 2.64. The first-order valence-electron chi connectivity index (χ1n) is 5.11. The highest BCUT2D eigenvalue weighted by molar-refractivity contribution is 7.91. The number of aromatic nitrogens is 2. The van der Waals surface area contributed by atoms with Crippen LogP contribution in [0.25, 0.3) is 0 Å². The number of hydrogen-bond acceptors (Lipinski definition) is 3. The summed E-state index contributed by atoms with van der Waals surface area (Å²) < 4.78 is 26.2. The number of rotatable bonds is 4. The fraction of sp³-hybridized carbons (Fsp3) is 0.182. The predicted molar refractivity (Wildman–Crippen MR) is 66.0 cm³/mol. The summed E-state index contributed by atoms with van der Waals surface area (Å²) in [6.45, 7) is 1.78. The summed E-state index contributed by atoms with van der Waals surface area (Å²) in [4.78, 5) is 0. The van der Waals surface area contributed by atoms with Crippen molar-refractivity contribution in [3.8, 4) is 0 Å². The number of aryl methyl sites for hydroxylation is 1. The molecule has 2 aromatic rings. The van der Waals surface area contributed by atoms with Gasteiger partial charge in [-0.25, -0.2) is 8.42 Å². The SMILES string of the molecule is Cc1cn[nH]c1NS(=O)(=O)Cc1ccccc1. The average molecular weight is 251 g/mol. The van der Waals surface area contributed by atoms with Crippen LogP contribution in [0.15, 0.2) is 36.5 Å². The number of aromatic amines is 1. The Labute approximate surface area is 99.9 Å². The summed E-state index contributed by atoms with van der Waals surface area (Å²) in [5.41, 5.74) is 1.51. The van der Waals surface area contributed by atoms with E-state index >= 15 is 0 Å². The van der Waals surface area contributed by atoms with Gasteiger partial charge in [-0.05, 0) is 12.5 Å². The standard InChI is InChI=1S/C11H13N3O2S/c1-9-7-12-13-11(9)14-17(15,16)8-10-5-3-2-4-6-10/h2-7H,8H2,1H3,(H2,12,13,14). The molecule has 90 valence electrons. The second-order valence-corrected chi connectivity index (χ2v) is 5.50. The van der Waals surface area contributed by atoms with Crippen molar-refractivity contribution in [3.05, 3.63) is 47.7 Å². The third-order valence-corrected chi connectivity index (χ3v) is 3.51.